The molecule has 0 radical (unpaired) electrons. The summed E-state index contributed by atoms with van der Waals surface area (Å²) in [6, 6.07) is 9.45. The van der Waals surface area contributed by atoms with Crippen molar-refractivity contribution in [2.75, 3.05) is 25.5 Å². The van der Waals surface area contributed by atoms with E-state index in [1.807, 2.05) is 0 Å². The number of anilines is 1. The first-order valence-corrected chi connectivity index (χ1v) is 9.87. The van der Waals surface area contributed by atoms with Crippen LogP contribution in [-0.2, 0) is 14.9 Å². The second-order valence-corrected chi connectivity index (χ2v) is 9.05. The van der Waals surface area contributed by atoms with Gasteiger partial charge in [-0.25, -0.2) is 0 Å². The quantitative estimate of drug-likeness (QED) is 0.800. The molecular formula is C21H26N2O2. The van der Waals surface area contributed by atoms with Crippen LogP contribution in [0.5, 0.6) is 0 Å². The van der Waals surface area contributed by atoms with Crippen LogP contribution < -0.4 is 5.32 Å². The fraction of sp³-hybridized carbons (Fsp3) is 0.667. The number of piperidine rings is 1. The number of carbonyl (C=O) groups is 1. The highest BCUT2D eigenvalue weighted by Crippen LogP contribution is 2.74. The Labute approximate surface area is 148 Å². The number of benzene rings is 1. The SMILES string of the molecule is COC(=O)[C@@H]1CC23CCCN4CC[C@@]5(c6ccccc6NC15CC2)[C@@H]43. The molecule has 1 N–H and O–H groups in total. The minimum absolute atomic E-state index is 0.00114. The van der Waals surface area contributed by atoms with Crippen LogP contribution >= 0.6 is 0 Å². The molecule has 6 aliphatic rings. The van der Waals surface area contributed by atoms with Crippen LogP contribution in [-0.4, -0.2) is 42.6 Å². The maximum Gasteiger partial charge on any atom is 0.311 e. The molecule has 7 rings (SSSR count). The number of para-hydroxylation sites is 1. The summed E-state index contributed by atoms with van der Waals surface area (Å²) in [6.07, 6.45) is 7.10. The van der Waals surface area contributed by atoms with Gasteiger partial charge in [0.15, 0.2) is 0 Å². The van der Waals surface area contributed by atoms with Crippen LogP contribution in [0.2, 0.25) is 0 Å². The molecule has 132 valence electrons. The van der Waals surface area contributed by atoms with Gasteiger partial charge in [-0.3, -0.25) is 9.69 Å². The number of nitrogens with zero attached hydrogens (tertiary/aromatic N) is 1. The van der Waals surface area contributed by atoms with Crippen molar-refractivity contribution in [2.45, 2.75) is 55.5 Å². The first-order valence-electron chi connectivity index (χ1n) is 9.87. The lowest BCUT2D eigenvalue weighted by atomic mass is 9.39. The Balaban J connectivity index is 1.65. The first-order chi connectivity index (χ1) is 12.2. The van der Waals surface area contributed by atoms with Crippen LogP contribution in [0.3, 0.4) is 0 Å². The third-order valence-corrected chi connectivity index (χ3v) is 8.60. The van der Waals surface area contributed by atoms with E-state index in [1.165, 1.54) is 50.0 Å². The predicted octanol–water partition coefficient (Wildman–Crippen LogP) is 2.93. The molecule has 1 aromatic carbocycles. The molecule has 25 heavy (non-hydrogen) atoms. The monoisotopic (exact) mass is 338 g/mol. The van der Waals surface area contributed by atoms with Crippen LogP contribution in [0.4, 0.5) is 5.69 Å². The largest absolute Gasteiger partial charge is 0.469 e. The zero-order chi connectivity index (χ0) is 16.9. The van der Waals surface area contributed by atoms with Crippen LogP contribution in [0.25, 0.3) is 0 Å². The van der Waals surface area contributed by atoms with Gasteiger partial charge in [-0.15, -0.1) is 0 Å². The second kappa shape index (κ2) is 4.40. The molecule has 3 aliphatic carbocycles. The highest BCUT2D eigenvalue weighted by Gasteiger charge is 2.78. The van der Waals surface area contributed by atoms with Crippen molar-refractivity contribution in [3.63, 3.8) is 0 Å². The summed E-state index contributed by atoms with van der Waals surface area (Å²) in [5, 5.41) is 3.92. The van der Waals surface area contributed by atoms with Gasteiger partial charge in [-0.1, -0.05) is 18.2 Å². The molecule has 3 spiro atoms. The molecule has 2 saturated heterocycles. The van der Waals surface area contributed by atoms with E-state index in [2.05, 4.69) is 34.5 Å². The van der Waals surface area contributed by atoms with E-state index in [9.17, 15) is 4.79 Å². The lowest BCUT2D eigenvalue weighted by Gasteiger charge is -2.69. The van der Waals surface area contributed by atoms with Crippen molar-refractivity contribution >= 4 is 11.7 Å². The van der Waals surface area contributed by atoms with E-state index in [0.29, 0.717) is 11.5 Å². The van der Waals surface area contributed by atoms with Gasteiger partial charge in [0, 0.05) is 17.1 Å². The number of fused-ring (bicyclic) bond motifs is 3. The van der Waals surface area contributed by atoms with Gasteiger partial charge >= 0.3 is 5.97 Å². The van der Waals surface area contributed by atoms with E-state index in [4.69, 9.17) is 4.74 Å². The van der Waals surface area contributed by atoms with Crippen LogP contribution in [0.1, 0.15) is 44.1 Å². The van der Waals surface area contributed by atoms with Crippen molar-refractivity contribution in [3.05, 3.63) is 29.8 Å². The summed E-state index contributed by atoms with van der Waals surface area (Å²) in [7, 11) is 1.56. The van der Waals surface area contributed by atoms with Gasteiger partial charge in [0.2, 0.25) is 0 Å². The van der Waals surface area contributed by atoms with Crippen LogP contribution in [0, 0.1) is 11.3 Å². The number of hydrogen-bond acceptors (Lipinski definition) is 4. The summed E-state index contributed by atoms with van der Waals surface area (Å²) < 4.78 is 5.33. The summed E-state index contributed by atoms with van der Waals surface area (Å²) in [5.74, 6) is -0.0193. The zero-order valence-corrected chi connectivity index (χ0v) is 14.9. The van der Waals surface area contributed by atoms with Crippen molar-refractivity contribution in [1.29, 1.82) is 0 Å². The fourth-order valence-electron chi connectivity index (χ4n) is 8.03. The Morgan fingerprint density at radius 2 is 2.08 bits per heavy atom. The maximum atomic E-state index is 12.9. The summed E-state index contributed by atoms with van der Waals surface area (Å²) in [5.41, 5.74) is 2.97. The van der Waals surface area contributed by atoms with Crippen molar-refractivity contribution in [2.24, 2.45) is 11.3 Å². The third-order valence-electron chi connectivity index (χ3n) is 8.60. The predicted molar refractivity (Wildman–Crippen MR) is 95.5 cm³/mol. The van der Waals surface area contributed by atoms with E-state index < -0.39 is 0 Å². The van der Waals surface area contributed by atoms with Gasteiger partial charge in [0.05, 0.1) is 18.6 Å². The molecule has 3 saturated carbocycles. The Morgan fingerprint density at radius 1 is 1.20 bits per heavy atom. The standard InChI is InChI=1S/C21H26N2O2/c1-25-17(24)15-13-19-7-4-11-23-12-10-20(18(19)23)14-5-2-3-6-16(14)22-21(15,20)9-8-19/h2-3,5-6,15,18,22H,4,7-13H2,1H3/t15-,18-,19?,20+,21?/m0/s1. The van der Waals surface area contributed by atoms with Crippen LogP contribution in [0.15, 0.2) is 24.3 Å². The maximum absolute atomic E-state index is 12.9. The molecule has 4 nitrogen and oxygen atoms in total. The number of esters is 1. The summed E-state index contributed by atoms with van der Waals surface area (Å²) >= 11 is 0. The van der Waals surface area contributed by atoms with E-state index in [0.717, 1.165) is 12.8 Å². The number of methoxy groups -OCH3 is 1. The lowest BCUT2D eigenvalue weighted by molar-refractivity contribution is -0.171. The Morgan fingerprint density at radius 3 is 2.96 bits per heavy atom. The average molecular weight is 338 g/mol. The Kier molecular flexibility index (Phi) is 2.57. The number of nitrogens with one attached hydrogen (secondary N) is 1. The van der Waals surface area contributed by atoms with Gasteiger partial charge < -0.3 is 10.1 Å². The molecule has 5 fully saturated rings. The van der Waals surface area contributed by atoms with Gasteiger partial charge in [-0.2, -0.15) is 0 Å². The zero-order valence-electron chi connectivity index (χ0n) is 14.9. The molecule has 1 aromatic rings. The minimum Gasteiger partial charge on any atom is -0.469 e. The highest BCUT2D eigenvalue weighted by atomic mass is 16.5. The topological polar surface area (TPSA) is 41.6 Å². The fourth-order valence-corrected chi connectivity index (χ4v) is 8.03. The molecule has 4 heteroatoms. The highest BCUT2D eigenvalue weighted by molar-refractivity contribution is 5.80. The molecule has 2 bridgehead atoms. The van der Waals surface area contributed by atoms with Gasteiger partial charge in [0.1, 0.15) is 0 Å². The summed E-state index contributed by atoms with van der Waals surface area (Å²) in [6.45, 7) is 2.41. The van der Waals surface area contributed by atoms with Crippen molar-refractivity contribution in [1.82, 2.24) is 4.90 Å². The first kappa shape index (κ1) is 14.6. The number of ether oxygens (including phenoxy) is 1. The Hall–Kier alpha value is -1.55. The molecule has 2 unspecified atom stereocenters. The number of carbonyl (C=O) groups excluding carboxylic acids is 1. The van der Waals surface area contributed by atoms with E-state index in [-0.39, 0.29) is 22.8 Å². The molecule has 0 amide bonds. The van der Waals surface area contributed by atoms with E-state index in [1.54, 1.807) is 7.11 Å². The second-order valence-electron chi connectivity index (χ2n) is 9.05. The molecule has 3 aliphatic heterocycles. The molecular weight excluding hydrogens is 312 g/mol. The normalized spacial score (nSPS) is 46.1. The van der Waals surface area contributed by atoms with Crippen molar-refractivity contribution < 1.29 is 9.53 Å². The smallest absolute Gasteiger partial charge is 0.311 e. The third kappa shape index (κ3) is 1.38. The molecule has 3 heterocycles. The van der Waals surface area contributed by atoms with Crippen molar-refractivity contribution in [3.8, 4) is 0 Å². The van der Waals surface area contributed by atoms with Gasteiger partial charge in [0.25, 0.3) is 0 Å². The van der Waals surface area contributed by atoms with E-state index >= 15 is 0 Å². The average Bonchev–Trinajstić information content (AvgIpc) is 3.19. The molecule has 5 atom stereocenters. The minimum atomic E-state index is -0.151. The van der Waals surface area contributed by atoms with Gasteiger partial charge in [-0.05, 0) is 68.7 Å². The number of rotatable bonds is 1. The molecule has 0 aromatic heterocycles. The number of hydrogen-bond donors (Lipinski definition) is 1. The summed E-state index contributed by atoms with van der Waals surface area (Å²) in [4.78, 5) is 15.7. The Bertz CT molecular complexity index is 779. The lowest BCUT2D eigenvalue weighted by Crippen LogP contribution is -2.76.